The molecule has 9 rings (SSSR count). The molecular weight excluding hydrogens is 623 g/mol. The molecule has 0 fully saturated rings. The minimum absolute atomic E-state index is 0.375. The predicted octanol–water partition coefficient (Wildman–Crippen LogP) is 11.6. The summed E-state index contributed by atoms with van der Waals surface area (Å²) in [5, 5.41) is 6.65. The van der Waals surface area contributed by atoms with Gasteiger partial charge in [-0.2, -0.15) is 0 Å². The lowest BCUT2D eigenvalue weighted by Gasteiger charge is -2.11. The Morgan fingerprint density at radius 1 is 0.529 bits per heavy atom. The topological polar surface area (TPSA) is 63.9 Å². The summed E-state index contributed by atoms with van der Waals surface area (Å²) in [7, 11) is 0. The Labute approximate surface area is 295 Å². The number of para-hydroxylation sites is 1. The van der Waals surface area contributed by atoms with Gasteiger partial charge >= 0.3 is 0 Å². The molecule has 0 aliphatic carbocycles. The number of furan rings is 1. The molecule has 51 heavy (non-hydrogen) atoms. The van der Waals surface area contributed by atoms with Crippen LogP contribution in [0.2, 0.25) is 0 Å². The number of benzene rings is 8. The molecule has 0 spiro atoms. The van der Waals surface area contributed by atoms with Crippen LogP contribution in [0.1, 0.15) is 16.7 Å². The predicted molar refractivity (Wildman–Crippen MR) is 213 cm³/mol. The summed E-state index contributed by atoms with van der Waals surface area (Å²) in [6.45, 7) is 0.460. The van der Waals surface area contributed by atoms with E-state index in [1.807, 2.05) is 24.3 Å². The molecule has 0 aliphatic rings. The van der Waals surface area contributed by atoms with Gasteiger partial charge in [-0.15, -0.1) is 0 Å². The number of nitrogens with two attached hydrogens (primary N) is 1. The Kier molecular flexibility index (Phi) is 7.67. The largest absolute Gasteiger partial charge is 0.455 e. The second-order valence-electron chi connectivity index (χ2n) is 12.8. The van der Waals surface area contributed by atoms with E-state index in [2.05, 4.69) is 152 Å². The molecule has 0 aliphatic heterocycles. The number of hydrogen-bond acceptors (Lipinski definition) is 2. The van der Waals surface area contributed by atoms with Crippen LogP contribution >= 0.6 is 0 Å². The molecule has 4 nitrogen and oxygen atoms in total. The van der Waals surface area contributed by atoms with Gasteiger partial charge in [0.1, 0.15) is 17.0 Å². The fourth-order valence-corrected chi connectivity index (χ4v) is 7.03. The van der Waals surface area contributed by atoms with E-state index in [0.29, 0.717) is 18.2 Å². The first-order valence-corrected chi connectivity index (χ1v) is 17.1. The Morgan fingerprint density at radius 3 is 2.06 bits per heavy atom. The Balaban J connectivity index is 1.19. The molecule has 2 N–H and O–H groups in total. The van der Waals surface area contributed by atoms with Crippen molar-refractivity contribution in [1.82, 2.24) is 0 Å². The third kappa shape index (κ3) is 5.73. The van der Waals surface area contributed by atoms with Crippen molar-refractivity contribution in [2.45, 2.75) is 6.54 Å². The fourth-order valence-electron chi connectivity index (χ4n) is 7.03. The van der Waals surface area contributed by atoms with Crippen molar-refractivity contribution in [3.05, 3.63) is 193 Å². The molecule has 1 heterocycles. The second kappa shape index (κ2) is 12.9. The van der Waals surface area contributed by atoms with E-state index < -0.39 is 0 Å². The van der Waals surface area contributed by atoms with Crippen LogP contribution in [0.15, 0.2) is 190 Å². The average molecular weight is 656 g/mol. The normalized spacial score (nSPS) is 12.3. The molecule has 0 saturated carbocycles. The van der Waals surface area contributed by atoms with Gasteiger partial charge in [0, 0.05) is 27.5 Å². The Bertz CT molecular complexity index is 2770. The van der Waals surface area contributed by atoms with Crippen molar-refractivity contribution in [2.24, 2.45) is 15.7 Å². The number of nitrogens with zero attached hydrogens (tertiary/aromatic N) is 2. The zero-order valence-electron chi connectivity index (χ0n) is 27.8. The Hall–Kier alpha value is -6.78. The lowest BCUT2D eigenvalue weighted by atomic mass is 9.94. The third-order valence-corrected chi connectivity index (χ3v) is 9.58. The highest BCUT2D eigenvalue weighted by Crippen LogP contribution is 2.40. The molecule has 242 valence electrons. The zero-order chi connectivity index (χ0) is 34.1. The number of aliphatic imine (C=N–C) groups is 2. The van der Waals surface area contributed by atoms with E-state index >= 15 is 0 Å². The van der Waals surface area contributed by atoms with Gasteiger partial charge in [-0.1, -0.05) is 152 Å². The van der Waals surface area contributed by atoms with Crippen LogP contribution in [-0.4, -0.2) is 11.7 Å². The van der Waals surface area contributed by atoms with Gasteiger partial charge in [0.2, 0.25) is 0 Å². The SMILES string of the molecule is NC(=NC(=NCc1ccc2ccccc2c1)c1ccc(-c2ccccc2)cc1)c1ccc(-c2cccc3ccccc23)c2oc3ccccc3c12. The lowest BCUT2D eigenvalue weighted by molar-refractivity contribution is 0.670. The van der Waals surface area contributed by atoms with Gasteiger partial charge < -0.3 is 10.2 Å². The molecule has 8 aromatic carbocycles. The molecule has 0 saturated heterocycles. The second-order valence-corrected chi connectivity index (χ2v) is 12.8. The standard InChI is InChI=1S/C47H33N3O/c48-46(42-28-27-40(39-19-10-16-35-14-6-7-17-38(35)39)45-44(42)41-18-8-9-20-43(41)51-45)50-47(36-25-23-34(24-26-36)32-11-2-1-3-12-32)49-30-31-21-22-33-13-4-5-15-37(33)29-31/h1-29H,30H2,(H2,48,49,50). The van der Waals surface area contributed by atoms with Gasteiger partial charge in [-0.25, -0.2) is 4.99 Å². The van der Waals surface area contributed by atoms with Crippen molar-refractivity contribution in [1.29, 1.82) is 0 Å². The van der Waals surface area contributed by atoms with Crippen LogP contribution < -0.4 is 5.73 Å². The monoisotopic (exact) mass is 655 g/mol. The molecular formula is C47H33N3O. The maximum absolute atomic E-state index is 7.02. The first-order chi connectivity index (χ1) is 25.2. The third-order valence-electron chi connectivity index (χ3n) is 9.58. The maximum Gasteiger partial charge on any atom is 0.157 e. The van der Waals surface area contributed by atoms with Crippen LogP contribution in [0, 0.1) is 0 Å². The summed E-state index contributed by atoms with van der Waals surface area (Å²) in [4.78, 5) is 10.2. The number of amidine groups is 2. The number of rotatable bonds is 6. The fraction of sp³-hybridized carbons (Fsp3) is 0.0213. The first kappa shape index (κ1) is 30.3. The highest BCUT2D eigenvalue weighted by atomic mass is 16.3. The van der Waals surface area contributed by atoms with Crippen LogP contribution in [0.4, 0.5) is 0 Å². The lowest BCUT2D eigenvalue weighted by Crippen LogP contribution is -2.17. The highest BCUT2D eigenvalue weighted by Gasteiger charge is 2.19. The molecule has 0 bridgehead atoms. The minimum atomic E-state index is 0.375. The molecule has 0 radical (unpaired) electrons. The average Bonchev–Trinajstić information content (AvgIpc) is 3.59. The van der Waals surface area contributed by atoms with Gasteiger partial charge in [0.15, 0.2) is 5.84 Å². The van der Waals surface area contributed by atoms with Gasteiger partial charge in [-0.05, 0) is 68.1 Å². The van der Waals surface area contributed by atoms with Crippen LogP contribution in [0.5, 0.6) is 0 Å². The molecule has 0 amide bonds. The molecule has 0 unspecified atom stereocenters. The van der Waals surface area contributed by atoms with Crippen molar-refractivity contribution in [2.75, 3.05) is 0 Å². The van der Waals surface area contributed by atoms with E-state index in [4.69, 9.17) is 20.1 Å². The summed E-state index contributed by atoms with van der Waals surface area (Å²) in [5.74, 6) is 0.944. The van der Waals surface area contributed by atoms with E-state index in [1.165, 1.54) is 21.5 Å². The molecule has 1 aromatic heterocycles. The summed E-state index contributed by atoms with van der Waals surface area (Å²) in [6.07, 6.45) is 0. The summed E-state index contributed by atoms with van der Waals surface area (Å²) >= 11 is 0. The molecule has 9 aromatic rings. The van der Waals surface area contributed by atoms with Crippen LogP contribution in [0.3, 0.4) is 0 Å². The Morgan fingerprint density at radius 2 is 1.22 bits per heavy atom. The van der Waals surface area contributed by atoms with E-state index in [9.17, 15) is 0 Å². The molecule has 0 atom stereocenters. The van der Waals surface area contributed by atoms with Crippen molar-refractivity contribution in [3.63, 3.8) is 0 Å². The summed E-state index contributed by atoms with van der Waals surface area (Å²) in [5.41, 5.74) is 15.8. The van der Waals surface area contributed by atoms with Gasteiger partial charge in [0.25, 0.3) is 0 Å². The van der Waals surface area contributed by atoms with Gasteiger partial charge in [0.05, 0.1) is 6.54 Å². The van der Waals surface area contributed by atoms with E-state index in [1.54, 1.807) is 0 Å². The maximum atomic E-state index is 7.02. The number of fused-ring (bicyclic) bond motifs is 5. The van der Waals surface area contributed by atoms with Gasteiger partial charge in [-0.3, -0.25) is 4.99 Å². The van der Waals surface area contributed by atoms with Crippen molar-refractivity contribution in [3.8, 4) is 22.3 Å². The minimum Gasteiger partial charge on any atom is -0.455 e. The van der Waals surface area contributed by atoms with Crippen LogP contribution in [0.25, 0.3) is 65.7 Å². The van der Waals surface area contributed by atoms with Crippen LogP contribution in [-0.2, 0) is 6.54 Å². The first-order valence-electron chi connectivity index (χ1n) is 17.1. The zero-order valence-corrected chi connectivity index (χ0v) is 27.8. The van der Waals surface area contributed by atoms with E-state index in [-0.39, 0.29) is 0 Å². The van der Waals surface area contributed by atoms with Crippen molar-refractivity contribution < 1.29 is 4.42 Å². The summed E-state index contributed by atoms with van der Waals surface area (Å²) < 4.78 is 6.62. The number of hydrogen-bond donors (Lipinski definition) is 1. The highest BCUT2D eigenvalue weighted by molar-refractivity contribution is 6.23. The van der Waals surface area contributed by atoms with E-state index in [0.717, 1.165) is 60.9 Å². The smallest absolute Gasteiger partial charge is 0.157 e. The summed E-state index contributed by atoms with van der Waals surface area (Å²) in [6, 6.07) is 60.7. The quantitative estimate of drug-likeness (QED) is 0.143. The molecule has 4 heteroatoms. The van der Waals surface area contributed by atoms with Crippen molar-refractivity contribution >= 4 is 55.2 Å².